The normalized spacial score (nSPS) is 18.4. The zero-order valence-corrected chi connectivity index (χ0v) is 14.4. The van der Waals surface area contributed by atoms with Gasteiger partial charge in [0.2, 0.25) is 5.95 Å². The van der Waals surface area contributed by atoms with E-state index in [1.54, 1.807) is 18.2 Å². The van der Waals surface area contributed by atoms with Crippen LogP contribution >= 0.6 is 0 Å². The van der Waals surface area contributed by atoms with Gasteiger partial charge in [-0.2, -0.15) is 4.98 Å². The maximum Gasteiger partial charge on any atom is 0.227 e. The number of aromatic nitrogens is 2. The average molecular weight is 355 g/mol. The first-order chi connectivity index (χ1) is 12.6. The molecule has 2 aliphatic heterocycles. The fourth-order valence-electron chi connectivity index (χ4n) is 3.53. The Kier molecular flexibility index (Phi) is 4.20. The molecule has 7 nitrogen and oxygen atoms in total. The standard InChI is InChI=1S/C18H22FN7/c19-14-9-23-17(26-5-3-18(4-6-26)10-22-11-18)25-16(14)24-13-1-2-15(21)12(7-13)8-20/h1-2,7-9,20,22H,3-6,10-11,21H2,(H,23,24,25). The maximum absolute atomic E-state index is 14.2. The topological polar surface area (TPSA) is 103 Å². The van der Waals surface area contributed by atoms with E-state index in [0.717, 1.165) is 39.0 Å². The summed E-state index contributed by atoms with van der Waals surface area (Å²) < 4.78 is 14.2. The molecule has 0 atom stereocenters. The molecule has 2 saturated heterocycles. The molecule has 0 aliphatic carbocycles. The molecule has 8 heteroatoms. The van der Waals surface area contributed by atoms with E-state index >= 15 is 0 Å². The van der Waals surface area contributed by atoms with Crippen LogP contribution in [0.15, 0.2) is 24.4 Å². The number of benzene rings is 1. The second-order valence-corrected chi connectivity index (χ2v) is 7.07. The summed E-state index contributed by atoms with van der Waals surface area (Å²) in [4.78, 5) is 10.7. The molecule has 2 aliphatic rings. The van der Waals surface area contributed by atoms with Gasteiger partial charge in [-0.1, -0.05) is 0 Å². The van der Waals surface area contributed by atoms with Gasteiger partial charge in [0.15, 0.2) is 11.6 Å². The summed E-state index contributed by atoms with van der Waals surface area (Å²) in [6, 6.07) is 5.11. The van der Waals surface area contributed by atoms with E-state index in [4.69, 9.17) is 11.1 Å². The Morgan fingerprint density at radius 3 is 2.73 bits per heavy atom. The highest BCUT2D eigenvalue weighted by Crippen LogP contribution is 2.36. The van der Waals surface area contributed by atoms with Gasteiger partial charge in [0.1, 0.15) is 0 Å². The molecule has 0 saturated carbocycles. The van der Waals surface area contributed by atoms with Crippen molar-refractivity contribution in [3.63, 3.8) is 0 Å². The summed E-state index contributed by atoms with van der Waals surface area (Å²) in [5.41, 5.74) is 7.92. The molecule has 0 unspecified atom stereocenters. The van der Waals surface area contributed by atoms with Gasteiger partial charge in [-0.3, -0.25) is 0 Å². The number of halogens is 1. The highest BCUT2D eigenvalue weighted by molar-refractivity contribution is 5.87. The van der Waals surface area contributed by atoms with E-state index in [0.29, 0.717) is 28.3 Å². The number of hydrogen-bond donors (Lipinski definition) is 4. The lowest BCUT2D eigenvalue weighted by Gasteiger charge is -2.48. The van der Waals surface area contributed by atoms with E-state index in [9.17, 15) is 4.39 Å². The van der Waals surface area contributed by atoms with Crippen molar-refractivity contribution in [2.45, 2.75) is 12.8 Å². The fraction of sp³-hybridized carbons (Fsp3) is 0.389. The van der Waals surface area contributed by atoms with Crippen LogP contribution in [0.5, 0.6) is 0 Å². The van der Waals surface area contributed by atoms with Crippen molar-refractivity contribution in [3.8, 4) is 0 Å². The Morgan fingerprint density at radius 1 is 1.31 bits per heavy atom. The van der Waals surface area contributed by atoms with Crippen LogP contribution in [0.1, 0.15) is 18.4 Å². The number of rotatable bonds is 4. The Labute approximate surface area is 151 Å². The van der Waals surface area contributed by atoms with Gasteiger partial charge >= 0.3 is 0 Å². The van der Waals surface area contributed by atoms with Gasteiger partial charge < -0.3 is 26.7 Å². The summed E-state index contributed by atoms with van der Waals surface area (Å²) in [5.74, 6) is 0.152. The number of nitrogen functional groups attached to an aromatic ring is 1. The molecule has 5 N–H and O–H groups in total. The molecule has 136 valence electrons. The third kappa shape index (κ3) is 3.08. The maximum atomic E-state index is 14.2. The number of hydrogen-bond acceptors (Lipinski definition) is 7. The zero-order valence-electron chi connectivity index (χ0n) is 14.4. The number of anilines is 4. The van der Waals surface area contributed by atoms with E-state index in [1.807, 2.05) is 0 Å². The lowest BCUT2D eigenvalue weighted by molar-refractivity contribution is 0.126. The monoisotopic (exact) mass is 355 g/mol. The van der Waals surface area contributed by atoms with Crippen LogP contribution in [0.2, 0.25) is 0 Å². The molecule has 1 aromatic carbocycles. The average Bonchev–Trinajstić information content (AvgIpc) is 2.64. The molecule has 2 fully saturated rings. The first-order valence-corrected chi connectivity index (χ1v) is 8.74. The van der Waals surface area contributed by atoms with Crippen molar-refractivity contribution in [2.24, 2.45) is 5.41 Å². The highest BCUT2D eigenvalue weighted by Gasteiger charge is 2.40. The van der Waals surface area contributed by atoms with Crippen molar-refractivity contribution in [2.75, 3.05) is 42.1 Å². The van der Waals surface area contributed by atoms with Crippen LogP contribution in [0.25, 0.3) is 0 Å². The molecule has 0 bridgehead atoms. The van der Waals surface area contributed by atoms with E-state index in [2.05, 4.69) is 25.5 Å². The zero-order chi connectivity index (χ0) is 18.1. The lowest BCUT2D eigenvalue weighted by atomic mass is 9.73. The third-order valence-electron chi connectivity index (χ3n) is 5.34. The molecule has 3 heterocycles. The van der Waals surface area contributed by atoms with Crippen LogP contribution in [0.4, 0.5) is 27.5 Å². The molecule has 1 spiro atoms. The first kappa shape index (κ1) is 16.7. The van der Waals surface area contributed by atoms with Gasteiger partial charge in [-0.05, 0) is 36.5 Å². The van der Waals surface area contributed by atoms with Crippen molar-refractivity contribution >= 4 is 29.4 Å². The molecule has 2 aromatic rings. The molecular weight excluding hydrogens is 333 g/mol. The number of piperidine rings is 1. The van der Waals surface area contributed by atoms with E-state index in [-0.39, 0.29) is 5.82 Å². The van der Waals surface area contributed by atoms with Crippen molar-refractivity contribution in [1.29, 1.82) is 5.41 Å². The Bertz CT molecular complexity index is 824. The van der Waals surface area contributed by atoms with Gasteiger partial charge in [0.25, 0.3) is 0 Å². The predicted octanol–water partition coefficient (Wildman–Crippen LogP) is 2.13. The van der Waals surface area contributed by atoms with E-state index in [1.165, 1.54) is 12.4 Å². The number of nitrogens with zero attached hydrogens (tertiary/aromatic N) is 3. The van der Waals surface area contributed by atoms with Gasteiger partial charge in [0.05, 0.1) is 6.20 Å². The molecule has 4 rings (SSSR count). The Morgan fingerprint density at radius 2 is 2.08 bits per heavy atom. The molecule has 0 amide bonds. The van der Waals surface area contributed by atoms with Crippen LogP contribution in [-0.4, -0.2) is 42.4 Å². The summed E-state index contributed by atoms with van der Waals surface area (Å²) in [5, 5.41) is 13.7. The Balaban J connectivity index is 1.52. The van der Waals surface area contributed by atoms with Crippen LogP contribution in [0, 0.1) is 16.6 Å². The SMILES string of the molecule is N=Cc1cc(Nc2nc(N3CCC4(CC3)CNC4)ncc2F)ccc1N. The van der Waals surface area contributed by atoms with Crippen molar-refractivity contribution in [3.05, 3.63) is 35.8 Å². The minimum Gasteiger partial charge on any atom is -0.398 e. The number of nitrogens with one attached hydrogen (secondary N) is 3. The summed E-state index contributed by atoms with van der Waals surface area (Å²) in [6.07, 6.45) is 4.57. The van der Waals surface area contributed by atoms with Crippen LogP contribution < -0.4 is 21.3 Å². The lowest BCUT2D eigenvalue weighted by Crippen LogP contribution is -2.58. The second kappa shape index (κ2) is 6.53. The van der Waals surface area contributed by atoms with Gasteiger partial charge in [0, 0.05) is 49.3 Å². The van der Waals surface area contributed by atoms with Gasteiger partial charge in [-0.15, -0.1) is 0 Å². The van der Waals surface area contributed by atoms with Crippen LogP contribution in [-0.2, 0) is 0 Å². The minimum atomic E-state index is -0.515. The van der Waals surface area contributed by atoms with Crippen molar-refractivity contribution in [1.82, 2.24) is 15.3 Å². The largest absolute Gasteiger partial charge is 0.398 e. The summed E-state index contributed by atoms with van der Waals surface area (Å²) >= 11 is 0. The minimum absolute atomic E-state index is 0.126. The number of nitrogens with two attached hydrogens (primary N) is 1. The van der Waals surface area contributed by atoms with Crippen LogP contribution in [0.3, 0.4) is 0 Å². The second-order valence-electron chi connectivity index (χ2n) is 7.07. The smallest absolute Gasteiger partial charge is 0.227 e. The van der Waals surface area contributed by atoms with Crippen molar-refractivity contribution < 1.29 is 4.39 Å². The summed E-state index contributed by atoms with van der Waals surface area (Å²) in [6.45, 7) is 3.94. The third-order valence-corrected chi connectivity index (χ3v) is 5.34. The highest BCUT2D eigenvalue weighted by atomic mass is 19.1. The molecule has 26 heavy (non-hydrogen) atoms. The Hall–Kier alpha value is -2.74. The fourth-order valence-corrected chi connectivity index (χ4v) is 3.53. The summed E-state index contributed by atoms with van der Waals surface area (Å²) in [7, 11) is 0. The van der Waals surface area contributed by atoms with E-state index < -0.39 is 5.82 Å². The molecular formula is C18H22FN7. The molecule has 1 aromatic heterocycles. The first-order valence-electron chi connectivity index (χ1n) is 8.74. The predicted molar refractivity (Wildman–Crippen MR) is 101 cm³/mol. The quantitative estimate of drug-likeness (QED) is 0.495. The van der Waals surface area contributed by atoms with Gasteiger partial charge in [-0.25, -0.2) is 9.37 Å². The molecule has 0 radical (unpaired) electrons.